The predicted molar refractivity (Wildman–Crippen MR) is 76.1 cm³/mol. The number of aromatic amines is 1. The minimum absolute atomic E-state index is 0.0953. The molecule has 1 heterocycles. The number of nitrogens with zero attached hydrogens (tertiary/aromatic N) is 2. The molecule has 0 saturated heterocycles. The number of hydrogen-bond donors (Lipinski definition) is 3. The third-order valence-corrected chi connectivity index (χ3v) is 3.33. The Kier molecular flexibility index (Phi) is 4.06. The molecule has 0 radical (unpaired) electrons. The van der Waals surface area contributed by atoms with Crippen LogP contribution < -0.4 is 11.1 Å². The summed E-state index contributed by atoms with van der Waals surface area (Å²) in [6.45, 7) is 3.94. The van der Waals surface area contributed by atoms with E-state index >= 15 is 0 Å². The number of benzene rings is 1. The fourth-order valence-electron chi connectivity index (χ4n) is 1.51. The molecular formula is C12H15N5OS. The Morgan fingerprint density at radius 3 is 2.95 bits per heavy atom. The van der Waals surface area contributed by atoms with Crippen LogP contribution in [0.5, 0.6) is 0 Å². The molecule has 100 valence electrons. The third kappa shape index (κ3) is 3.72. The number of aryl methyl sites for hydroxylation is 2. The molecule has 1 aromatic carbocycles. The monoisotopic (exact) mass is 277 g/mol. The summed E-state index contributed by atoms with van der Waals surface area (Å²) in [5.74, 6) is 0.393. The zero-order chi connectivity index (χ0) is 13.8. The highest BCUT2D eigenvalue weighted by Gasteiger charge is 2.08. The molecule has 0 fully saturated rings. The van der Waals surface area contributed by atoms with Crippen molar-refractivity contribution in [3.8, 4) is 0 Å². The van der Waals surface area contributed by atoms with E-state index in [1.807, 2.05) is 32.0 Å². The van der Waals surface area contributed by atoms with Gasteiger partial charge in [0.25, 0.3) is 0 Å². The smallest absolute Gasteiger partial charge is 0.234 e. The van der Waals surface area contributed by atoms with Crippen molar-refractivity contribution in [2.45, 2.75) is 19.0 Å². The van der Waals surface area contributed by atoms with Crippen molar-refractivity contribution in [2.24, 2.45) is 0 Å². The molecule has 0 aliphatic rings. The van der Waals surface area contributed by atoms with Gasteiger partial charge in [-0.15, -0.1) is 5.10 Å². The van der Waals surface area contributed by atoms with Gasteiger partial charge in [0.15, 0.2) is 0 Å². The van der Waals surface area contributed by atoms with Crippen LogP contribution in [0.2, 0.25) is 0 Å². The molecule has 2 aromatic rings. The maximum Gasteiger partial charge on any atom is 0.234 e. The molecule has 1 aromatic heterocycles. The van der Waals surface area contributed by atoms with Crippen LogP contribution in [0.15, 0.2) is 23.4 Å². The zero-order valence-electron chi connectivity index (χ0n) is 10.7. The van der Waals surface area contributed by atoms with Crippen molar-refractivity contribution >= 4 is 29.3 Å². The molecule has 7 heteroatoms. The van der Waals surface area contributed by atoms with Crippen LogP contribution in [0, 0.1) is 13.8 Å². The topological polar surface area (TPSA) is 96.7 Å². The van der Waals surface area contributed by atoms with E-state index in [0.29, 0.717) is 5.16 Å². The van der Waals surface area contributed by atoms with Crippen LogP contribution >= 0.6 is 11.8 Å². The SMILES string of the molecule is Cc1ccc(C)c(NC(=O)CSc2n[nH]c(N)n2)c1. The average Bonchev–Trinajstić information content (AvgIpc) is 2.77. The number of carbonyl (C=O) groups is 1. The quantitative estimate of drug-likeness (QED) is 0.740. The largest absolute Gasteiger partial charge is 0.368 e. The van der Waals surface area contributed by atoms with E-state index in [4.69, 9.17) is 5.73 Å². The van der Waals surface area contributed by atoms with E-state index in [1.54, 1.807) is 0 Å². The van der Waals surface area contributed by atoms with Gasteiger partial charge >= 0.3 is 0 Å². The molecule has 0 unspecified atom stereocenters. The van der Waals surface area contributed by atoms with Crippen molar-refractivity contribution in [3.05, 3.63) is 29.3 Å². The summed E-state index contributed by atoms with van der Waals surface area (Å²) in [6, 6.07) is 5.94. The van der Waals surface area contributed by atoms with Gasteiger partial charge in [0.1, 0.15) is 0 Å². The number of thioether (sulfide) groups is 1. The summed E-state index contributed by atoms with van der Waals surface area (Å²) in [5.41, 5.74) is 8.38. The van der Waals surface area contributed by atoms with Crippen molar-refractivity contribution in [1.29, 1.82) is 0 Å². The van der Waals surface area contributed by atoms with Gasteiger partial charge in [-0.1, -0.05) is 23.9 Å². The van der Waals surface area contributed by atoms with Gasteiger partial charge in [0, 0.05) is 5.69 Å². The number of aromatic nitrogens is 3. The number of hydrogen-bond acceptors (Lipinski definition) is 5. The van der Waals surface area contributed by atoms with E-state index in [2.05, 4.69) is 20.5 Å². The number of nitrogens with one attached hydrogen (secondary N) is 2. The zero-order valence-corrected chi connectivity index (χ0v) is 11.5. The van der Waals surface area contributed by atoms with E-state index in [0.717, 1.165) is 16.8 Å². The second kappa shape index (κ2) is 5.75. The van der Waals surface area contributed by atoms with Crippen molar-refractivity contribution < 1.29 is 4.79 Å². The highest BCUT2D eigenvalue weighted by Crippen LogP contribution is 2.18. The number of nitrogen functional groups attached to an aromatic ring is 1. The number of nitrogens with two attached hydrogens (primary N) is 1. The lowest BCUT2D eigenvalue weighted by atomic mass is 10.1. The van der Waals surface area contributed by atoms with Crippen LogP contribution in [0.3, 0.4) is 0 Å². The van der Waals surface area contributed by atoms with Crippen molar-refractivity contribution in [1.82, 2.24) is 15.2 Å². The Labute approximate surface area is 115 Å². The molecule has 2 rings (SSSR count). The highest BCUT2D eigenvalue weighted by molar-refractivity contribution is 7.99. The number of rotatable bonds is 4. The second-order valence-electron chi connectivity index (χ2n) is 4.16. The van der Waals surface area contributed by atoms with Crippen LogP contribution in [0.25, 0.3) is 0 Å². The lowest BCUT2D eigenvalue weighted by molar-refractivity contribution is -0.113. The molecule has 19 heavy (non-hydrogen) atoms. The first-order valence-electron chi connectivity index (χ1n) is 5.72. The van der Waals surface area contributed by atoms with Crippen LogP contribution in [-0.2, 0) is 4.79 Å². The van der Waals surface area contributed by atoms with Gasteiger partial charge in [-0.05, 0) is 31.0 Å². The normalized spacial score (nSPS) is 10.4. The summed E-state index contributed by atoms with van der Waals surface area (Å²) in [4.78, 5) is 15.7. The Morgan fingerprint density at radius 2 is 2.26 bits per heavy atom. The first kappa shape index (κ1) is 13.4. The summed E-state index contributed by atoms with van der Waals surface area (Å²) in [6.07, 6.45) is 0. The lowest BCUT2D eigenvalue weighted by Crippen LogP contribution is -2.15. The number of anilines is 2. The second-order valence-corrected chi connectivity index (χ2v) is 5.10. The Hall–Kier alpha value is -2.02. The molecule has 4 N–H and O–H groups in total. The molecule has 0 bridgehead atoms. The molecule has 0 aliphatic carbocycles. The summed E-state index contributed by atoms with van der Waals surface area (Å²) in [7, 11) is 0. The standard InChI is InChI=1S/C12H15N5OS/c1-7-3-4-8(2)9(5-7)14-10(18)6-19-12-15-11(13)16-17-12/h3-5H,6H2,1-2H3,(H,14,18)(H3,13,15,16,17). The minimum Gasteiger partial charge on any atom is -0.368 e. The highest BCUT2D eigenvalue weighted by atomic mass is 32.2. The Bertz CT molecular complexity index is 596. The van der Waals surface area contributed by atoms with Crippen molar-refractivity contribution in [2.75, 3.05) is 16.8 Å². The third-order valence-electron chi connectivity index (χ3n) is 2.48. The van der Waals surface area contributed by atoms with Gasteiger partial charge in [-0.3, -0.25) is 4.79 Å². The van der Waals surface area contributed by atoms with Crippen molar-refractivity contribution in [3.63, 3.8) is 0 Å². The summed E-state index contributed by atoms with van der Waals surface area (Å²) in [5, 5.41) is 9.71. The summed E-state index contributed by atoms with van der Waals surface area (Å²) < 4.78 is 0. The lowest BCUT2D eigenvalue weighted by Gasteiger charge is -2.08. The van der Waals surface area contributed by atoms with Gasteiger partial charge in [0.05, 0.1) is 5.75 Å². The van der Waals surface area contributed by atoms with E-state index in [1.165, 1.54) is 11.8 Å². The van der Waals surface area contributed by atoms with Gasteiger partial charge < -0.3 is 11.1 Å². The number of carbonyl (C=O) groups excluding carboxylic acids is 1. The van der Waals surface area contributed by atoms with Crippen LogP contribution in [0.4, 0.5) is 11.6 Å². The fraction of sp³-hybridized carbons (Fsp3) is 0.250. The number of amides is 1. The molecule has 0 atom stereocenters. The first-order chi connectivity index (χ1) is 9.04. The van der Waals surface area contributed by atoms with E-state index in [-0.39, 0.29) is 17.6 Å². The molecule has 0 aliphatic heterocycles. The molecule has 1 amide bonds. The minimum atomic E-state index is -0.0953. The first-order valence-corrected chi connectivity index (χ1v) is 6.71. The van der Waals surface area contributed by atoms with Crippen LogP contribution in [0.1, 0.15) is 11.1 Å². The maximum atomic E-state index is 11.8. The van der Waals surface area contributed by atoms with E-state index in [9.17, 15) is 4.79 Å². The Balaban J connectivity index is 1.92. The number of H-pyrrole nitrogens is 1. The Morgan fingerprint density at radius 1 is 1.47 bits per heavy atom. The molecule has 0 saturated carbocycles. The molecular weight excluding hydrogens is 262 g/mol. The van der Waals surface area contributed by atoms with Crippen LogP contribution in [-0.4, -0.2) is 26.8 Å². The van der Waals surface area contributed by atoms with Gasteiger partial charge in [-0.2, -0.15) is 4.98 Å². The maximum absolute atomic E-state index is 11.8. The van der Waals surface area contributed by atoms with Gasteiger partial charge in [-0.25, -0.2) is 5.10 Å². The van der Waals surface area contributed by atoms with E-state index < -0.39 is 0 Å². The molecule has 6 nitrogen and oxygen atoms in total. The average molecular weight is 277 g/mol. The fourth-order valence-corrected chi connectivity index (χ4v) is 2.12. The van der Waals surface area contributed by atoms with Gasteiger partial charge in [0.2, 0.25) is 17.0 Å². The molecule has 0 spiro atoms. The summed E-state index contributed by atoms with van der Waals surface area (Å²) >= 11 is 1.23. The predicted octanol–water partition coefficient (Wildman–Crippen LogP) is 1.73.